The van der Waals surface area contributed by atoms with Crippen LogP contribution >= 0.6 is 23.2 Å². The topological polar surface area (TPSA) is 87.8 Å². The lowest BCUT2D eigenvalue weighted by Gasteiger charge is -2.37. The Balaban J connectivity index is 2.03. The number of ether oxygens (including phenoxy) is 3. The lowest BCUT2D eigenvalue weighted by atomic mass is 9.78. The number of nitrogens with two attached hydrogens (primary N) is 1. The zero-order chi connectivity index (χ0) is 24.1. The Hall–Kier alpha value is -2.12. The molecule has 8 heteroatoms. The number of benzene rings is 1. The minimum absolute atomic E-state index is 0.138. The molecule has 0 saturated carbocycles. The summed E-state index contributed by atoms with van der Waals surface area (Å²) in [4.78, 5) is 22.7. The lowest BCUT2D eigenvalue weighted by Crippen LogP contribution is -2.36. The van der Waals surface area contributed by atoms with Crippen LogP contribution in [0.15, 0.2) is 53.1 Å². The van der Waals surface area contributed by atoms with Crippen molar-refractivity contribution in [3.63, 3.8) is 0 Å². The number of methoxy groups -OCH3 is 2. The Morgan fingerprint density at radius 1 is 1.18 bits per heavy atom. The maximum atomic E-state index is 12.3. The van der Waals surface area contributed by atoms with Crippen molar-refractivity contribution in [1.29, 1.82) is 0 Å². The van der Waals surface area contributed by atoms with Crippen molar-refractivity contribution < 1.29 is 23.8 Å². The summed E-state index contributed by atoms with van der Waals surface area (Å²) in [7, 11) is 3.06. The first-order valence-electron chi connectivity index (χ1n) is 10.8. The molecule has 0 aromatic heterocycles. The predicted octanol–water partition coefficient (Wildman–Crippen LogP) is 4.59. The number of carbonyl (C=O) groups excluding carboxylic acids is 2. The first-order chi connectivity index (χ1) is 15.8. The largest absolute Gasteiger partial charge is 0.469 e. The molecule has 2 aliphatic rings. The van der Waals surface area contributed by atoms with Gasteiger partial charge in [-0.3, -0.25) is 9.59 Å². The summed E-state index contributed by atoms with van der Waals surface area (Å²) < 4.78 is 16.2. The van der Waals surface area contributed by atoms with E-state index in [0.29, 0.717) is 31.6 Å². The van der Waals surface area contributed by atoms with Crippen molar-refractivity contribution >= 4 is 40.7 Å². The number of hydrogen-bond donors (Lipinski definition) is 1. The summed E-state index contributed by atoms with van der Waals surface area (Å²) in [5, 5.41) is 0.208. The zero-order valence-electron chi connectivity index (χ0n) is 18.9. The minimum Gasteiger partial charge on any atom is -0.469 e. The van der Waals surface area contributed by atoms with Crippen LogP contribution in [0, 0.1) is 0 Å². The monoisotopic (exact) mass is 493 g/mol. The van der Waals surface area contributed by atoms with Gasteiger partial charge in [0, 0.05) is 39.6 Å². The molecule has 178 valence electrons. The Kier molecular flexibility index (Phi) is 8.40. The van der Waals surface area contributed by atoms with Gasteiger partial charge in [-0.05, 0) is 35.6 Å². The average Bonchev–Trinajstić information content (AvgIpc) is 2.81. The fourth-order valence-electron chi connectivity index (χ4n) is 4.47. The fourth-order valence-corrected chi connectivity index (χ4v) is 5.33. The molecule has 0 radical (unpaired) electrons. The molecular formula is C25H29Cl2NO5. The molecule has 2 N–H and O–H groups in total. The molecular weight excluding hydrogens is 465 g/mol. The van der Waals surface area contributed by atoms with Gasteiger partial charge in [-0.2, -0.15) is 0 Å². The van der Waals surface area contributed by atoms with Crippen LogP contribution in [-0.4, -0.2) is 44.2 Å². The molecule has 1 heterocycles. The Labute approximate surface area is 204 Å². The van der Waals surface area contributed by atoms with Crippen LogP contribution in [0.3, 0.4) is 0 Å². The summed E-state index contributed by atoms with van der Waals surface area (Å²) in [5.74, 6) is -1.02. The van der Waals surface area contributed by atoms with Gasteiger partial charge in [0.15, 0.2) is 0 Å². The van der Waals surface area contributed by atoms with Gasteiger partial charge in [-0.25, -0.2) is 0 Å². The van der Waals surface area contributed by atoms with Gasteiger partial charge in [-0.1, -0.05) is 48.0 Å². The van der Waals surface area contributed by atoms with Gasteiger partial charge in [0.2, 0.25) is 5.91 Å². The van der Waals surface area contributed by atoms with Crippen LogP contribution in [0.1, 0.15) is 43.2 Å². The van der Waals surface area contributed by atoms with Crippen molar-refractivity contribution in [2.45, 2.75) is 42.6 Å². The first-order valence-corrected chi connectivity index (χ1v) is 11.6. The summed E-state index contributed by atoms with van der Waals surface area (Å²) in [6.07, 6.45) is 7.71. The summed E-state index contributed by atoms with van der Waals surface area (Å²) in [5.41, 5.74) is 7.92. The number of halogens is 2. The van der Waals surface area contributed by atoms with Crippen LogP contribution < -0.4 is 5.73 Å². The Morgan fingerprint density at radius 2 is 1.85 bits per heavy atom. The van der Waals surface area contributed by atoms with E-state index in [0.717, 1.165) is 24.0 Å². The SMILES string of the molecule is COC(=O)CC/C=C(\c1ccc(C2(OC)CCOCC2)cc1)C1(Cl)CC=CC(Cl)=C1C(N)=O. The van der Waals surface area contributed by atoms with E-state index in [4.69, 9.17) is 43.1 Å². The zero-order valence-corrected chi connectivity index (χ0v) is 20.4. The molecule has 33 heavy (non-hydrogen) atoms. The molecule has 3 rings (SSSR count). The van der Waals surface area contributed by atoms with Gasteiger partial charge in [0.05, 0.1) is 23.3 Å². The van der Waals surface area contributed by atoms with E-state index in [9.17, 15) is 9.59 Å². The highest BCUT2D eigenvalue weighted by Gasteiger charge is 2.42. The molecule has 1 unspecified atom stereocenters. The molecule has 0 bridgehead atoms. The minimum atomic E-state index is -1.26. The fraction of sp³-hybridized carbons (Fsp3) is 0.440. The number of rotatable bonds is 8. The second-order valence-electron chi connectivity index (χ2n) is 8.12. The molecule has 1 fully saturated rings. The number of primary amides is 1. The predicted molar refractivity (Wildman–Crippen MR) is 129 cm³/mol. The molecule has 1 atom stereocenters. The molecule has 1 amide bonds. The number of allylic oxidation sites excluding steroid dienone is 5. The van der Waals surface area contributed by atoms with E-state index in [-0.39, 0.29) is 23.0 Å². The second kappa shape index (κ2) is 10.9. The Morgan fingerprint density at radius 3 is 2.42 bits per heavy atom. The first kappa shape index (κ1) is 25.5. The van der Waals surface area contributed by atoms with Crippen LogP contribution in [0.25, 0.3) is 5.57 Å². The van der Waals surface area contributed by atoms with Crippen molar-refractivity contribution in [2.24, 2.45) is 5.73 Å². The van der Waals surface area contributed by atoms with E-state index in [2.05, 4.69) is 0 Å². The quantitative estimate of drug-likeness (QED) is 0.422. The lowest BCUT2D eigenvalue weighted by molar-refractivity contribution is -0.140. The molecule has 1 aromatic carbocycles. The number of carbonyl (C=O) groups is 2. The number of alkyl halides is 1. The number of hydrogen-bond acceptors (Lipinski definition) is 5. The average molecular weight is 494 g/mol. The summed E-state index contributed by atoms with van der Waals surface area (Å²) >= 11 is 13.4. The third-order valence-electron chi connectivity index (χ3n) is 6.31. The van der Waals surface area contributed by atoms with Crippen LogP contribution in [-0.2, 0) is 29.4 Å². The van der Waals surface area contributed by atoms with Crippen LogP contribution in [0.4, 0.5) is 0 Å². The standard InChI is InChI=1S/C25H29Cl2NO5/c1-31-21(29)7-3-5-19(25(27)12-4-6-20(26)22(25)23(28)30)17-8-10-18(11-9-17)24(32-2)13-15-33-16-14-24/h4-6,8-11H,3,7,12-16H2,1-2H3,(H2,28,30)/b19-5+. The van der Waals surface area contributed by atoms with Crippen LogP contribution in [0.5, 0.6) is 0 Å². The number of esters is 1. The van der Waals surface area contributed by atoms with E-state index < -0.39 is 16.4 Å². The third-order valence-corrected chi connectivity index (χ3v) is 7.17. The highest BCUT2D eigenvalue weighted by Crippen LogP contribution is 2.47. The van der Waals surface area contributed by atoms with E-state index in [1.165, 1.54) is 7.11 Å². The molecule has 1 aromatic rings. The normalized spacial score (nSPS) is 22.8. The highest BCUT2D eigenvalue weighted by atomic mass is 35.5. The third kappa shape index (κ3) is 5.35. The molecule has 0 spiro atoms. The second-order valence-corrected chi connectivity index (χ2v) is 9.17. The molecule has 6 nitrogen and oxygen atoms in total. The van der Waals surface area contributed by atoms with Crippen LogP contribution in [0.2, 0.25) is 0 Å². The van der Waals surface area contributed by atoms with Gasteiger partial charge in [0.25, 0.3) is 0 Å². The van der Waals surface area contributed by atoms with Gasteiger partial charge >= 0.3 is 5.97 Å². The van der Waals surface area contributed by atoms with Crippen molar-refractivity contribution in [1.82, 2.24) is 0 Å². The summed E-state index contributed by atoms with van der Waals surface area (Å²) in [6, 6.07) is 7.91. The summed E-state index contributed by atoms with van der Waals surface area (Å²) in [6.45, 7) is 1.27. The maximum Gasteiger partial charge on any atom is 0.305 e. The smallest absolute Gasteiger partial charge is 0.305 e. The van der Waals surface area contributed by atoms with Gasteiger partial charge in [0.1, 0.15) is 4.87 Å². The van der Waals surface area contributed by atoms with Crippen molar-refractivity contribution in [3.8, 4) is 0 Å². The molecule has 1 aliphatic heterocycles. The highest BCUT2D eigenvalue weighted by molar-refractivity contribution is 6.40. The maximum absolute atomic E-state index is 12.3. The Bertz CT molecular complexity index is 977. The van der Waals surface area contributed by atoms with E-state index >= 15 is 0 Å². The van der Waals surface area contributed by atoms with Crippen molar-refractivity contribution in [3.05, 3.63) is 64.2 Å². The van der Waals surface area contributed by atoms with E-state index in [1.807, 2.05) is 36.4 Å². The molecule has 1 aliphatic carbocycles. The van der Waals surface area contributed by atoms with Crippen molar-refractivity contribution in [2.75, 3.05) is 27.4 Å². The molecule has 1 saturated heterocycles. The van der Waals surface area contributed by atoms with Gasteiger partial charge in [-0.15, -0.1) is 11.6 Å². The number of amides is 1. The van der Waals surface area contributed by atoms with E-state index in [1.54, 1.807) is 13.2 Å². The van der Waals surface area contributed by atoms with Gasteiger partial charge < -0.3 is 19.9 Å².